The van der Waals surface area contributed by atoms with Gasteiger partial charge < -0.3 is 15.2 Å². The first-order valence-corrected chi connectivity index (χ1v) is 9.94. The van der Waals surface area contributed by atoms with Gasteiger partial charge in [-0.3, -0.25) is 9.69 Å². The zero-order valence-electron chi connectivity index (χ0n) is 16.9. The minimum Gasteiger partial charge on any atom is -0.480 e. The Balaban J connectivity index is 1.53. The Labute approximate surface area is 174 Å². The van der Waals surface area contributed by atoms with Gasteiger partial charge in [-0.25, -0.2) is 9.59 Å². The maximum atomic E-state index is 12.9. The lowest BCUT2D eigenvalue weighted by Crippen LogP contribution is -2.51. The smallest absolute Gasteiger partial charge is 0.410 e. The second kappa shape index (κ2) is 7.48. The summed E-state index contributed by atoms with van der Waals surface area (Å²) in [5, 5.41) is 12.4. The molecule has 1 aliphatic heterocycles. The predicted molar refractivity (Wildman–Crippen MR) is 110 cm³/mol. The largest absolute Gasteiger partial charge is 0.480 e. The molecule has 7 nitrogen and oxygen atoms in total. The SMILES string of the molecule is CC(=O)N[C@H]1CN(C(=O)OCC2c3ccccc3-c3ccccc32)[C@](C)(C(=O)O)C1. The first-order valence-electron chi connectivity index (χ1n) is 9.94. The van der Waals surface area contributed by atoms with E-state index in [2.05, 4.69) is 17.4 Å². The average Bonchev–Trinajstić information content (AvgIpc) is 3.21. The monoisotopic (exact) mass is 408 g/mol. The lowest BCUT2D eigenvalue weighted by atomic mass is 9.97. The topological polar surface area (TPSA) is 95.9 Å². The van der Waals surface area contributed by atoms with Crippen molar-refractivity contribution in [2.45, 2.75) is 37.8 Å². The second-order valence-electron chi connectivity index (χ2n) is 8.10. The molecule has 0 aromatic heterocycles. The highest BCUT2D eigenvalue weighted by Crippen LogP contribution is 2.44. The van der Waals surface area contributed by atoms with Crippen LogP contribution >= 0.6 is 0 Å². The van der Waals surface area contributed by atoms with Gasteiger partial charge in [0, 0.05) is 31.8 Å². The number of hydrogen-bond acceptors (Lipinski definition) is 4. The molecule has 2 atom stereocenters. The molecule has 1 aliphatic carbocycles. The summed E-state index contributed by atoms with van der Waals surface area (Å²) in [7, 11) is 0. The van der Waals surface area contributed by atoms with Crippen LogP contribution in [0, 0.1) is 0 Å². The van der Waals surface area contributed by atoms with Crippen LogP contribution in [-0.4, -0.2) is 52.7 Å². The Hall–Kier alpha value is -3.35. The van der Waals surface area contributed by atoms with Gasteiger partial charge in [-0.2, -0.15) is 0 Å². The number of carboxylic acids is 1. The fourth-order valence-corrected chi connectivity index (χ4v) is 4.61. The molecule has 7 heteroatoms. The number of amides is 2. The van der Waals surface area contributed by atoms with Crippen LogP contribution in [0.5, 0.6) is 0 Å². The highest BCUT2D eigenvalue weighted by Gasteiger charge is 2.51. The third-order valence-corrected chi connectivity index (χ3v) is 6.07. The number of likely N-dealkylation sites (tertiary alicyclic amines) is 1. The number of aliphatic carboxylic acids is 1. The van der Waals surface area contributed by atoms with Crippen molar-refractivity contribution in [2.24, 2.45) is 0 Å². The van der Waals surface area contributed by atoms with Crippen molar-refractivity contribution in [1.82, 2.24) is 10.2 Å². The molecule has 2 aromatic rings. The van der Waals surface area contributed by atoms with Crippen molar-refractivity contribution >= 4 is 18.0 Å². The van der Waals surface area contributed by atoms with Gasteiger partial charge in [0.2, 0.25) is 5.91 Å². The second-order valence-corrected chi connectivity index (χ2v) is 8.10. The normalized spacial score (nSPS) is 22.3. The molecule has 0 saturated carbocycles. The quantitative estimate of drug-likeness (QED) is 0.811. The zero-order chi connectivity index (χ0) is 21.5. The average molecular weight is 408 g/mol. The van der Waals surface area contributed by atoms with E-state index in [0.717, 1.165) is 22.3 Å². The van der Waals surface area contributed by atoms with Crippen LogP contribution in [0.3, 0.4) is 0 Å². The number of carboxylic acid groups (broad SMARTS) is 1. The Morgan fingerprint density at radius 1 is 1.10 bits per heavy atom. The van der Waals surface area contributed by atoms with Gasteiger partial charge in [0.25, 0.3) is 0 Å². The zero-order valence-corrected chi connectivity index (χ0v) is 16.9. The molecule has 30 heavy (non-hydrogen) atoms. The summed E-state index contributed by atoms with van der Waals surface area (Å²) in [5.74, 6) is -1.49. The molecule has 2 amide bonds. The minimum absolute atomic E-state index is 0.0963. The molecule has 2 aliphatic rings. The molecule has 0 bridgehead atoms. The summed E-state index contributed by atoms with van der Waals surface area (Å²) < 4.78 is 5.63. The summed E-state index contributed by atoms with van der Waals surface area (Å²) in [6.07, 6.45) is -0.554. The summed E-state index contributed by atoms with van der Waals surface area (Å²) in [5.41, 5.74) is 2.98. The third-order valence-electron chi connectivity index (χ3n) is 6.07. The molecule has 0 radical (unpaired) electrons. The fraction of sp³-hybridized carbons (Fsp3) is 0.348. The summed E-state index contributed by atoms with van der Waals surface area (Å²) in [6, 6.07) is 15.6. The van der Waals surface area contributed by atoms with Crippen molar-refractivity contribution in [1.29, 1.82) is 0 Å². The van der Waals surface area contributed by atoms with E-state index in [1.807, 2.05) is 36.4 Å². The van der Waals surface area contributed by atoms with Crippen LogP contribution in [0.4, 0.5) is 4.79 Å². The van der Waals surface area contributed by atoms with Crippen LogP contribution in [0.1, 0.15) is 37.3 Å². The van der Waals surface area contributed by atoms with Crippen LogP contribution in [0.25, 0.3) is 11.1 Å². The maximum absolute atomic E-state index is 12.9. The third kappa shape index (κ3) is 3.30. The first kappa shape index (κ1) is 19.9. The molecule has 4 rings (SSSR count). The molecule has 156 valence electrons. The van der Waals surface area contributed by atoms with E-state index in [1.165, 1.54) is 18.7 Å². The molecule has 1 saturated heterocycles. The van der Waals surface area contributed by atoms with E-state index in [9.17, 15) is 19.5 Å². The number of rotatable bonds is 4. The number of ether oxygens (including phenoxy) is 1. The number of nitrogens with zero attached hydrogens (tertiary/aromatic N) is 1. The van der Waals surface area contributed by atoms with Crippen LogP contribution < -0.4 is 5.32 Å². The highest BCUT2D eigenvalue weighted by atomic mass is 16.6. The lowest BCUT2D eigenvalue weighted by molar-refractivity contribution is -0.147. The van der Waals surface area contributed by atoms with Crippen molar-refractivity contribution in [3.63, 3.8) is 0 Å². The Kier molecular flexibility index (Phi) is 4.97. The van der Waals surface area contributed by atoms with E-state index < -0.39 is 23.6 Å². The molecule has 2 aromatic carbocycles. The summed E-state index contributed by atoms with van der Waals surface area (Å²) in [6.45, 7) is 3.07. The molecule has 1 fully saturated rings. The van der Waals surface area contributed by atoms with Gasteiger partial charge in [-0.05, 0) is 29.2 Å². The van der Waals surface area contributed by atoms with Gasteiger partial charge in [0.05, 0.1) is 0 Å². The van der Waals surface area contributed by atoms with E-state index in [-0.39, 0.29) is 31.4 Å². The summed E-state index contributed by atoms with van der Waals surface area (Å²) in [4.78, 5) is 37.4. The van der Waals surface area contributed by atoms with Gasteiger partial charge in [0.15, 0.2) is 0 Å². The number of carbonyl (C=O) groups excluding carboxylic acids is 2. The van der Waals surface area contributed by atoms with E-state index in [1.54, 1.807) is 0 Å². The van der Waals surface area contributed by atoms with Crippen LogP contribution in [-0.2, 0) is 14.3 Å². The summed E-state index contributed by atoms with van der Waals surface area (Å²) >= 11 is 0. The van der Waals surface area contributed by atoms with Crippen molar-refractivity contribution in [3.05, 3.63) is 59.7 Å². The number of carbonyl (C=O) groups is 3. The van der Waals surface area contributed by atoms with E-state index >= 15 is 0 Å². The maximum Gasteiger partial charge on any atom is 0.410 e. The van der Waals surface area contributed by atoms with Crippen molar-refractivity contribution < 1.29 is 24.2 Å². The standard InChI is InChI=1S/C23H24N2O5/c1-14(26)24-15-11-23(2,21(27)28)25(12-15)22(29)30-13-20-18-9-5-3-7-16(18)17-8-4-6-10-19(17)20/h3-10,15,20H,11-13H2,1-2H3,(H,24,26)(H,27,28)/t15-,23+/m1/s1. The molecule has 2 N–H and O–H groups in total. The molecular weight excluding hydrogens is 384 g/mol. The highest BCUT2D eigenvalue weighted by molar-refractivity contribution is 5.85. The van der Waals surface area contributed by atoms with Crippen molar-refractivity contribution in [2.75, 3.05) is 13.2 Å². The number of fused-ring (bicyclic) bond motifs is 3. The van der Waals surface area contributed by atoms with Gasteiger partial charge in [0.1, 0.15) is 12.1 Å². The van der Waals surface area contributed by atoms with Crippen LogP contribution in [0.2, 0.25) is 0 Å². The van der Waals surface area contributed by atoms with E-state index in [4.69, 9.17) is 4.74 Å². The molecule has 1 heterocycles. The molecule has 0 unspecified atom stereocenters. The Morgan fingerprint density at radius 3 is 2.20 bits per heavy atom. The van der Waals surface area contributed by atoms with E-state index in [0.29, 0.717) is 0 Å². The Bertz CT molecular complexity index is 975. The van der Waals surface area contributed by atoms with Gasteiger partial charge in [-0.1, -0.05) is 48.5 Å². The van der Waals surface area contributed by atoms with Crippen molar-refractivity contribution in [3.8, 4) is 11.1 Å². The first-order chi connectivity index (χ1) is 14.3. The fourth-order valence-electron chi connectivity index (χ4n) is 4.61. The number of hydrogen-bond donors (Lipinski definition) is 2. The van der Waals surface area contributed by atoms with Gasteiger partial charge >= 0.3 is 12.1 Å². The molecule has 0 spiro atoms. The molecular formula is C23H24N2O5. The number of benzene rings is 2. The predicted octanol–water partition coefficient (Wildman–Crippen LogP) is 2.99. The Morgan fingerprint density at radius 2 is 1.67 bits per heavy atom. The lowest BCUT2D eigenvalue weighted by Gasteiger charge is -2.30. The number of nitrogens with one attached hydrogen (secondary N) is 1. The minimum atomic E-state index is -1.43. The van der Waals surface area contributed by atoms with Gasteiger partial charge in [-0.15, -0.1) is 0 Å². The van der Waals surface area contributed by atoms with Crippen LogP contribution in [0.15, 0.2) is 48.5 Å².